The summed E-state index contributed by atoms with van der Waals surface area (Å²) >= 11 is 0. The molecule has 0 bridgehead atoms. The van der Waals surface area contributed by atoms with E-state index in [-0.39, 0.29) is 0 Å². The second-order valence-corrected chi connectivity index (χ2v) is 9.96. The molecule has 0 rings (SSSR count). The molecule has 1 heteroatoms. The van der Waals surface area contributed by atoms with E-state index < -0.39 is 8.07 Å². The molecule has 0 heterocycles. The van der Waals surface area contributed by atoms with Crippen molar-refractivity contribution in [3.05, 3.63) is 12.7 Å². The van der Waals surface area contributed by atoms with E-state index in [0.29, 0.717) is 5.04 Å². The highest BCUT2D eigenvalue weighted by molar-refractivity contribution is 6.79. The summed E-state index contributed by atoms with van der Waals surface area (Å²) in [7, 11) is -1.00. The summed E-state index contributed by atoms with van der Waals surface area (Å²) in [6, 6.07) is 0. The molecule has 0 aromatic rings. The van der Waals surface area contributed by atoms with E-state index in [9.17, 15) is 0 Å². The van der Waals surface area contributed by atoms with Gasteiger partial charge in [-0.15, -0.1) is 6.58 Å². The third kappa shape index (κ3) is 1.97. The Bertz CT molecular complexity index is 106. The molecule has 0 spiro atoms. The lowest BCUT2D eigenvalue weighted by Crippen LogP contribution is -2.33. The van der Waals surface area contributed by atoms with Crippen molar-refractivity contribution < 1.29 is 0 Å². The van der Waals surface area contributed by atoms with E-state index in [0.717, 1.165) is 0 Å². The van der Waals surface area contributed by atoms with Gasteiger partial charge < -0.3 is 0 Å². The van der Waals surface area contributed by atoms with Crippen LogP contribution < -0.4 is 0 Å². The average Bonchev–Trinajstić information content (AvgIpc) is 1.64. The van der Waals surface area contributed by atoms with Crippen LogP contribution in [0.1, 0.15) is 13.8 Å². The molecule has 0 N–H and O–H groups in total. The maximum Gasteiger partial charge on any atom is 0.0542 e. The minimum absolute atomic E-state index is 0.382. The van der Waals surface area contributed by atoms with Crippen molar-refractivity contribution in [3.8, 4) is 0 Å². The predicted molar refractivity (Wildman–Crippen MR) is 47.6 cm³/mol. The van der Waals surface area contributed by atoms with Gasteiger partial charge in [0.1, 0.15) is 0 Å². The largest absolute Gasteiger partial charge is 0.103 e. The van der Waals surface area contributed by atoms with Gasteiger partial charge in [0, 0.05) is 0 Å². The maximum absolute atomic E-state index is 3.83. The van der Waals surface area contributed by atoms with E-state index in [1.165, 1.54) is 0 Å². The predicted octanol–water partition coefficient (Wildman–Crippen LogP) is 3.29. The van der Waals surface area contributed by atoms with Crippen molar-refractivity contribution in [2.45, 2.75) is 38.5 Å². The van der Waals surface area contributed by atoms with Crippen molar-refractivity contribution in [1.82, 2.24) is 0 Å². The fourth-order valence-electron chi connectivity index (χ4n) is 0.306. The Morgan fingerprint density at radius 3 is 1.56 bits per heavy atom. The van der Waals surface area contributed by atoms with Gasteiger partial charge in [-0.05, 0) is 5.04 Å². The van der Waals surface area contributed by atoms with E-state index in [1.807, 2.05) is 0 Å². The third-order valence-electron chi connectivity index (χ3n) is 2.44. The van der Waals surface area contributed by atoms with Gasteiger partial charge in [-0.25, -0.2) is 0 Å². The van der Waals surface area contributed by atoms with Crippen molar-refractivity contribution in [2.24, 2.45) is 0 Å². The van der Waals surface area contributed by atoms with Gasteiger partial charge in [0.2, 0.25) is 0 Å². The smallest absolute Gasteiger partial charge is 0.0542 e. The van der Waals surface area contributed by atoms with Crippen LogP contribution in [0.25, 0.3) is 0 Å². The lowest BCUT2D eigenvalue weighted by molar-refractivity contribution is 0.814. The summed E-state index contributed by atoms with van der Waals surface area (Å²) in [4.78, 5) is 0. The molecule has 0 saturated heterocycles. The molecular weight excluding hydrogens is 124 g/mol. The molecule has 0 aromatic heterocycles. The summed E-state index contributed by atoms with van der Waals surface area (Å²) in [5.74, 6) is 0. The Balaban J connectivity index is 4.32. The molecular formula is C8H18Si. The Morgan fingerprint density at radius 2 is 1.56 bits per heavy atom. The number of allylic oxidation sites excluding steroid dienone is 1. The monoisotopic (exact) mass is 142 g/mol. The minimum Gasteiger partial charge on any atom is -0.103 e. The number of hydrogen-bond donors (Lipinski definition) is 0. The second-order valence-electron chi connectivity index (χ2n) is 4.18. The van der Waals surface area contributed by atoms with Gasteiger partial charge in [0.15, 0.2) is 0 Å². The van der Waals surface area contributed by atoms with Crippen LogP contribution in [-0.4, -0.2) is 8.07 Å². The fraction of sp³-hybridized carbons (Fsp3) is 0.750. The zero-order valence-electron chi connectivity index (χ0n) is 7.28. The van der Waals surface area contributed by atoms with Crippen molar-refractivity contribution >= 4 is 8.07 Å². The highest BCUT2D eigenvalue weighted by Gasteiger charge is 2.31. The molecule has 54 valence electrons. The molecule has 0 radical (unpaired) electrons. The summed E-state index contributed by atoms with van der Waals surface area (Å²) in [6.45, 7) is 15.5. The SMILES string of the molecule is C=CC(C)(C)[Si](C)(C)C. The normalized spacial score (nSPS) is 13.4. The van der Waals surface area contributed by atoms with Crippen LogP contribution in [0.5, 0.6) is 0 Å². The fourth-order valence-corrected chi connectivity index (χ4v) is 0.919. The molecule has 0 nitrogen and oxygen atoms in total. The number of rotatable bonds is 2. The molecule has 9 heavy (non-hydrogen) atoms. The first kappa shape index (κ1) is 8.96. The Hall–Kier alpha value is -0.0431. The van der Waals surface area contributed by atoms with Crippen LogP contribution in [-0.2, 0) is 0 Å². The van der Waals surface area contributed by atoms with Crippen LogP contribution in [0.15, 0.2) is 12.7 Å². The quantitative estimate of drug-likeness (QED) is 0.410. The van der Waals surface area contributed by atoms with Crippen LogP contribution in [0, 0.1) is 0 Å². The first-order chi connectivity index (χ1) is 3.81. The van der Waals surface area contributed by atoms with Gasteiger partial charge in [0.25, 0.3) is 0 Å². The van der Waals surface area contributed by atoms with Gasteiger partial charge in [-0.3, -0.25) is 0 Å². The average molecular weight is 142 g/mol. The topological polar surface area (TPSA) is 0 Å². The molecule has 0 unspecified atom stereocenters. The standard InChI is InChI=1S/C8H18Si/c1-7-8(2,3)9(4,5)6/h7H,1H2,2-6H3. The lowest BCUT2D eigenvalue weighted by atomic mass is 10.2. The second kappa shape index (κ2) is 2.29. The summed E-state index contributed by atoms with van der Waals surface area (Å²) in [5.41, 5.74) is 0. The Kier molecular flexibility index (Phi) is 2.28. The highest BCUT2D eigenvalue weighted by atomic mass is 28.3. The molecule has 0 aliphatic rings. The Morgan fingerprint density at radius 1 is 1.22 bits per heavy atom. The van der Waals surface area contributed by atoms with Crippen molar-refractivity contribution in [3.63, 3.8) is 0 Å². The first-order valence-corrected chi connectivity index (χ1v) is 6.95. The van der Waals surface area contributed by atoms with E-state index in [4.69, 9.17) is 0 Å². The molecule has 0 fully saturated rings. The maximum atomic E-state index is 3.83. The van der Waals surface area contributed by atoms with Gasteiger partial charge in [-0.2, -0.15) is 0 Å². The summed E-state index contributed by atoms with van der Waals surface area (Å²) in [5, 5.41) is 0.382. The molecule has 0 aliphatic heterocycles. The molecule has 0 saturated carbocycles. The summed E-state index contributed by atoms with van der Waals surface area (Å²) < 4.78 is 0. The van der Waals surface area contributed by atoms with E-state index in [1.54, 1.807) is 0 Å². The third-order valence-corrected chi connectivity index (χ3v) is 6.51. The van der Waals surface area contributed by atoms with E-state index >= 15 is 0 Å². The Labute approximate surface area is 60.0 Å². The summed E-state index contributed by atoms with van der Waals surface area (Å²) in [6.07, 6.45) is 2.08. The lowest BCUT2D eigenvalue weighted by Gasteiger charge is -2.33. The van der Waals surface area contributed by atoms with Gasteiger partial charge >= 0.3 is 0 Å². The minimum atomic E-state index is -1.00. The van der Waals surface area contributed by atoms with Crippen LogP contribution in [0.3, 0.4) is 0 Å². The molecule has 0 atom stereocenters. The van der Waals surface area contributed by atoms with Gasteiger partial charge in [-0.1, -0.05) is 39.6 Å². The van der Waals surface area contributed by atoms with Crippen molar-refractivity contribution in [1.29, 1.82) is 0 Å². The van der Waals surface area contributed by atoms with Crippen LogP contribution in [0.4, 0.5) is 0 Å². The van der Waals surface area contributed by atoms with Crippen molar-refractivity contribution in [2.75, 3.05) is 0 Å². The highest BCUT2D eigenvalue weighted by Crippen LogP contribution is 2.37. The first-order valence-electron chi connectivity index (χ1n) is 3.45. The zero-order valence-corrected chi connectivity index (χ0v) is 8.28. The van der Waals surface area contributed by atoms with Crippen LogP contribution >= 0.6 is 0 Å². The van der Waals surface area contributed by atoms with Gasteiger partial charge in [0.05, 0.1) is 8.07 Å². The molecule has 0 amide bonds. The van der Waals surface area contributed by atoms with Crippen LogP contribution in [0.2, 0.25) is 24.7 Å². The van der Waals surface area contributed by atoms with E-state index in [2.05, 4.69) is 46.1 Å². The molecule has 0 aromatic carbocycles. The zero-order chi connectivity index (χ0) is 7.71. The molecule has 0 aliphatic carbocycles. The number of hydrogen-bond acceptors (Lipinski definition) is 0.